The second kappa shape index (κ2) is 21.0. The highest BCUT2D eigenvalue weighted by atomic mass is 16.5. The molecule has 0 saturated carbocycles. The topological polar surface area (TPSA) is 193 Å². The van der Waals surface area contributed by atoms with Crippen LogP contribution in [0.1, 0.15) is 106 Å². The molecule has 308 valence electrons. The van der Waals surface area contributed by atoms with Crippen LogP contribution in [-0.4, -0.2) is 115 Å². The Morgan fingerprint density at radius 1 is 0.909 bits per heavy atom. The number of hydrogen-bond acceptors (Lipinski definition) is 9. The van der Waals surface area contributed by atoms with Gasteiger partial charge in [-0.2, -0.15) is 0 Å². The van der Waals surface area contributed by atoms with Crippen LogP contribution < -0.4 is 21.3 Å². The van der Waals surface area contributed by atoms with Crippen LogP contribution in [0.25, 0.3) is 0 Å². The van der Waals surface area contributed by atoms with Crippen LogP contribution in [0.15, 0.2) is 30.3 Å². The number of unbranched alkanes of at least 4 members (excludes halogenated alkanes) is 2. The number of ether oxygens (including phenoxy) is 2. The van der Waals surface area contributed by atoms with Crippen molar-refractivity contribution in [2.24, 2.45) is 11.3 Å². The van der Waals surface area contributed by atoms with Crippen molar-refractivity contribution >= 4 is 41.4 Å². The number of benzene rings is 1. The van der Waals surface area contributed by atoms with E-state index in [-0.39, 0.29) is 37.8 Å². The Kier molecular flexibility index (Phi) is 17.8. The molecule has 0 radical (unpaired) electrons. The Labute approximate surface area is 326 Å². The number of nitrogens with zero attached hydrogens (tertiary/aromatic N) is 2. The summed E-state index contributed by atoms with van der Waals surface area (Å²) in [4.78, 5) is 96.4. The molecule has 1 aliphatic heterocycles. The monoisotopic (exact) mass is 772 g/mol. The maximum Gasteiger partial charge on any atom is 0.407 e. The van der Waals surface area contributed by atoms with Gasteiger partial charge in [-0.1, -0.05) is 91.1 Å². The average molecular weight is 773 g/mol. The predicted molar refractivity (Wildman–Crippen MR) is 207 cm³/mol. The molecule has 15 nitrogen and oxygen atoms in total. The predicted octanol–water partition coefficient (Wildman–Crippen LogP) is 3.26. The van der Waals surface area contributed by atoms with E-state index in [9.17, 15) is 33.6 Å². The van der Waals surface area contributed by atoms with Gasteiger partial charge in [0.15, 0.2) is 0 Å². The van der Waals surface area contributed by atoms with Gasteiger partial charge in [0.1, 0.15) is 18.1 Å². The van der Waals surface area contributed by atoms with E-state index in [1.165, 1.54) is 9.80 Å². The molecule has 6 amide bonds. The quantitative estimate of drug-likeness (QED) is 0.128. The zero-order valence-electron chi connectivity index (χ0n) is 34.6. The lowest BCUT2D eigenvalue weighted by Gasteiger charge is -2.35. The molecular formula is C40H64N6O9. The molecule has 2 unspecified atom stereocenters. The Morgan fingerprint density at radius 2 is 1.55 bits per heavy atom. The molecule has 0 spiro atoms. The van der Waals surface area contributed by atoms with E-state index >= 15 is 0 Å². The van der Waals surface area contributed by atoms with Crippen molar-refractivity contribution in [3.8, 4) is 0 Å². The molecule has 1 heterocycles. The first-order valence-electron chi connectivity index (χ1n) is 19.1. The highest BCUT2D eigenvalue weighted by Gasteiger charge is 2.47. The zero-order valence-corrected chi connectivity index (χ0v) is 34.6. The molecule has 1 aromatic rings. The van der Waals surface area contributed by atoms with Crippen LogP contribution >= 0.6 is 0 Å². The molecule has 4 N–H and O–H groups in total. The number of likely N-dealkylation sites (N-methyl/N-ethyl adjacent to an activating group) is 1. The second-order valence-corrected chi connectivity index (χ2v) is 16.8. The molecular weight excluding hydrogens is 708 g/mol. The van der Waals surface area contributed by atoms with Gasteiger partial charge < -0.3 is 40.5 Å². The molecule has 5 atom stereocenters. The summed E-state index contributed by atoms with van der Waals surface area (Å²) in [7, 11) is 3.11. The number of alkyl carbamates (subject to hydrolysis) is 1. The molecule has 0 aromatic heterocycles. The Morgan fingerprint density at radius 3 is 2.09 bits per heavy atom. The van der Waals surface area contributed by atoms with E-state index in [0.717, 1.165) is 12.8 Å². The number of Topliss-reactive ketones (excluding diaryl/α,β-unsaturated/α-hetero) is 1. The van der Waals surface area contributed by atoms with E-state index in [2.05, 4.69) is 21.3 Å². The third-order valence-electron chi connectivity index (χ3n) is 8.78. The van der Waals surface area contributed by atoms with Crippen LogP contribution in [0.5, 0.6) is 0 Å². The van der Waals surface area contributed by atoms with Gasteiger partial charge in [0.2, 0.25) is 29.4 Å². The van der Waals surface area contributed by atoms with Crippen LogP contribution in [-0.2, 0) is 38.2 Å². The van der Waals surface area contributed by atoms with Crippen molar-refractivity contribution in [2.45, 2.75) is 130 Å². The number of likely N-dealkylation sites (tertiary alicyclic amines) is 1. The number of carbonyl (C=O) groups excluding carboxylic acids is 7. The van der Waals surface area contributed by atoms with E-state index in [4.69, 9.17) is 9.47 Å². The molecule has 0 bridgehead atoms. The highest BCUT2D eigenvalue weighted by Crippen LogP contribution is 2.29. The van der Waals surface area contributed by atoms with E-state index < -0.39 is 83.3 Å². The number of hydrogen-bond donors (Lipinski definition) is 4. The fourth-order valence-corrected chi connectivity index (χ4v) is 6.04. The van der Waals surface area contributed by atoms with Crippen molar-refractivity contribution in [2.75, 3.05) is 33.8 Å². The zero-order chi connectivity index (χ0) is 41.7. The number of amides is 6. The molecule has 1 saturated heterocycles. The standard InChI is InChI=1S/C40H64N6O9/c1-12-13-15-20-28(32(48)35(50)41-22-30(47)43-31(36(51)45(10)11)26-18-16-14-17-19-26)42-34(49)29-21-27(55-40(7,8)9)23-46(29)37(52)33(39(4,5)6)44-38(53)54-24-25(2)3/h14,16-19,25,27-29,31,33H,12-13,15,20-24H2,1-11H3,(H,41,50)(H,42,49)(H,43,47)(H,44,53)/t27-,28?,29+,31+,33?/m1/s1. The Hall–Kier alpha value is -4.53. The first-order valence-corrected chi connectivity index (χ1v) is 19.1. The van der Waals surface area contributed by atoms with Crippen LogP contribution in [0, 0.1) is 11.3 Å². The van der Waals surface area contributed by atoms with Gasteiger partial charge >= 0.3 is 6.09 Å². The van der Waals surface area contributed by atoms with Crippen LogP contribution in [0.2, 0.25) is 0 Å². The first kappa shape index (κ1) is 46.6. The van der Waals surface area contributed by atoms with Crippen molar-refractivity contribution in [3.63, 3.8) is 0 Å². The van der Waals surface area contributed by atoms with Crippen molar-refractivity contribution in [1.29, 1.82) is 0 Å². The number of rotatable bonds is 18. The summed E-state index contributed by atoms with van der Waals surface area (Å²) in [6.45, 7) is 16.3. The maximum absolute atomic E-state index is 14.3. The Bertz CT molecular complexity index is 1490. The summed E-state index contributed by atoms with van der Waals surface area (Å²) in [6.07, 6.45) is 1.01. The van der Waals surface area contributed by atoms with Crippen molar-refractivity contribution in [1.82, 2.24) is 31.1 Å². The third-order valence-corrected chi connectivity index (χ3v) is 8.78. The Balaban J connectivity index is 2.29. The van der Waals surface area contributed by atoms with Crippen LogP contribution in [0.3, 0.4) is 0 Å². The summed E-state index contributed by atoms with van der Waals surface area (Å²) < 4.78 is 11.5. The summed E-state index contributed by atoms with van der Waals surface area (Å²) in [6, 6.07) is 4.20. The summed E-state index contributed by atoms with van der Waals surface area (Å²) in [5, 5.41) is 10.4. The lowest BCUT2D eigenvalue weighted by Crippen LogP contribution is -2.59. The van der Waals surface area contributed by atoms with Gasteiger partial charge in [-0.25, -0.2) is 4.79 Å². The number of nitrogens with one attached hydrogen (secondary N) is 4. The largest absolute Gasteiger partial charge is 0.449 e. The lowest BCUT2D eigenvalue weighted by molar-refractivity contribution is -0.144. The fourth-order valence-electron chi connectivity index (χ4n) is 6.04. The number of ketones is 1. The minimum Gasteiger partial charge on any atom is -0.449 e. The molecule has 55 heavy (non-hydrogen) atoms. The smallest absolute Gasteiger partial charge is 0.407 e. The van der Waals surface area contributed by atoms with Gasteiger partial charge in [0.05, 0.1) is 30.9 Å². The van der Waals surface area contributed by atoms with E-state index in [0.29, 0.717) is 12.0 Å². The summed E-state index contributed by atoms with van der Waals surface area (Å²) >= 11 is 0. The number of carbonyl (C=O) groups is 7. The summed E-state index contributed by atoms with van der Waals surface area (Å²) in [5.41, 5.74) is -0.834. The molecule has 1 fully saturated rings. The third kappa shape index (κ3) is 15.3. The van der Waals surface area contributed by atoms with Gasteiger partial charge in [-0.15, -0.1) is 0 Å². The lowest BCUT2D eigenvalue weighted by atomic mass is 9.85. The average Bonchev–Trinajstić information content (AvgIpc) is 3.52. The minimum absolute atomic E-state index is 0.0494. The maximum atomic E-state index is 14.3. The van der Waals surface area contributed by atoms with Crippen molar-refractivity contribution in [3.05, 3.63) is 35.9 Å². The van der Waals surface area contributed by atoms with Crippen molar-refractivity contribution < 1.29 is 43.0 Å². The normalized spacial score (nSPS) is 17.4. The van der Waals surface area contributed by atoms with Gasteiger partial charge in [0.25, 0.3) is 5.91 Å². The first-order chi connectivity index (χ1) is 25.5. The minimum atomic E-state index is -1.25. The SMILES string of the molecule is CCCCCC(NC(=O)[C@@H]1C[C@@H](OC(C)(C)C)CN1C(=O)C(NC(=O)OCC(C)C)C(C)(C)C)C(=O)C(=O)NCC(=O)N[C@H](C(=O)N(C)C)c1ccccc1. The molecule has 1 aromatic carbocycles. The molecule has 0 aliphatic carbocycles. The van der Waals surface area contributed by atoms with Gasteiger partial charge in [-0.3, -0.25) is 28.8 Å². The van der Waals surface area contributed by atoms with Crippen LogP contribution in [0.4, 0.5) is 4.79 Å². The molecule has 1 aliphatic rings. The highest BCUT2D eigenvalue weighted by molar-refractivity contribution is 6.38. The fraction of sp³-hybridized carbons (Fsp3) is 0.675. The van der Waals surface area contributed by atoms with E-state index in [1.54, 1.807) is 65.2 Å². The molecule has 2 rings (SSSR count). The van der Waals surface area contributed by atoms with Gasteiger partial charge in [-0.05, 0) is 44.1 Å². The molecule has 15 heteroatoms. The summed E-state index contributed by atoms with van der Waals surface area (Å²) in [5.74, 6) is -4.22. The van der Waals surface area contributed by atoms with E-state index in [1.807, 2.05) is 41.5 Å². The second-order valence-electron chi connectivity index (χ2n) is 16.8. The van der Waals surface area contributed by atoms with Gasteiger partial charge in [0, 0.05) is 27.1 Å².